The van der Waals surface area contributed by atoms with Crippen LogP contribution in [0.5, 0.6) is 0 Å². The number of pyridine rings is 1. The third-order valence-corrected chi connectivity index (χ3v) is 6.00. The maximum Gasteiger partial charge on any atom is 0.233 e. The van der Waals surface area contributed by atoms with E-state index in [2.05, 4.69) is 20.5 Å². The highest BCUT2D eigenvalue weighted by Gasteiger charge is 2.27. The summed E-state index contributed by atoms with van der Waals surface area (Å²) in [5.74, 6) is 0.335. The summed E-state index contributed by atoms with van der Waals surface area (Å²) in [4.78, 5) is 30.6. The molecule has 0 atom stereocenters. The van der Waals surface area contributed by atoms with Gasteiger partial charge >= 0.3 is 0 Å². The Morgan fingerprint density at radius 2 is 2.12 bits per heavy atom. The molecule has 8 nitrogen and oxygen atoms in total. The number of aromatic nitrogens is 3. The number of thioether (sulfide) groups is 1. The highest BCUT2D eigenvalue weighted by molar-refractivity contribution is 8.01. The number of nitrogens with zero attached hydrogens (tertiary/aromatic N) is 4. The van der Waals surface area contributed by atoms with Crippen molar-refractivity contribution in [1.82, 2.24) is 25.4 Å². The van der Waals surface area contributed by atoms with Crippen LogP contribution in [-0.2, 0) is 16.1 Å². The van der Waals surface area contributed by atoms with Crippen LogP contribution in [0.4, 0.5) is 5.13 Å². The molecule has 1 fully saturated rings. The average Bonchev–Trinajstić information content (AvgIpc) is 3.10. The van der Waals surface area contributed by atoms with E-state index >= 15 is 0 Å². The van der Waals surface area contributed by atoms with Gasteiger partial charge in [0.2, 0.25) is 16.9 Å². The standard InChI is InChI=1S/C16H20N6O2S2/c17-15-20-21-16(26-15)25-10-13(23)22-7-4-11(5-8-22)14(24)19-9-12-3-1-2-6-18-12/h1-3,6,11H,4-5,7-10H2,(H2,17,20)(H,19,24). The summed E-state index contributed by atoms with van der Waals surface area (Å²) < 4.78 is 0.694. The van der Waals surface area contributed by atoms with Crippen LogP contribution < -0.4 is 11.1 Å². The molecule has 1 saturated heterocycles. The SMILES string of the molecule is Nc1nnc(SCC(=O)N2CCC(C(=O)NCc3ccccn3)CC2)s1. The van der Waals surface area contributed by atoms with Crippen molar-refractivity contribution in [2.75, 3.05) is 24.6 Å². The van der Waals surface area contributed by atoms with E-state index in [0.29, 0.717) is 47.7 Å². The van der Waals surface area contributed by atoms with Crippen molar-refractivity contribution in [2.45, 2.75) is 23.7 Å². The Morgan fingerprint density at radius 1 is 1.31 bits per heavy atom. The lowest BCUT2D eigenvalue weighted by atomic mass is 9.96. The number of carbonyl (C=O) groups is 2. The van der Waals surface area contributed by atoms with Gasteiger partial charge in [0.05, 0.1) is 18.0 Å². The highest BCUT2D eigenvalue weighted by Crippen LogP contribution is 2.25. The summed E-state index contributed by atoms with van der Waals surface area (Å²) >= 11 is 2.62. The molecule has 3 heterocycles. The van der Waals surface area contributed by atoms with Crippen molar-refractivity contribution in [3.63, 3.8) is 0 Å². The number of nitrogens with two attached hydrogens (primary N) is 1. The molecule has 2 aromatic heterocycles. The van der Waals surface area contributed by atoms with Gasteiger partial charge in [-0.15, -0.1) is 10.2 Å². The minimum absolute atomic E-state index is 0.0291. The minimum atomic E-state index is -0.0571. The molecule has 0 saturated carbocycles. The number of hydrogen-bond donors (Lipinski definition) is 2. The van der Waals surface area contributed by atoms with Gasteiger partial charge in [0.25, 0.3) is 0 Å². The summed E-state index contributed by atoms with van der Waals surface area (Å²) in [6.07, 6.45) is 3.06. The maximum atomic E-state index is 12.3. The zero-order valence-corrected chi connectivity index (χ0v) is 15.8. The molecule has 3 N–H and O–H groups in total. The molecule has 26 heavy (non-hydrogen) atoms. The minimum Gasteiger partial charge on any atom is -0.374 e. The summed E-state index contributed by atoms with van der Waals surface area (Å²) in [5, 5.41) is 10.9. The van der Waals surface area contributed by atoms with Crippen LogP contribution in [0.2, 0.25) is 0 Å². The normalized spacial score (nSPS) is 15.0. The number of anilines is 1. The van der Waals surface area contributed by atoms with Gasteiger partial charge < -0.3 is 16.0 Å². The smallest absolute Gasteiger partial charge is 0.233 e. The van der Waals surface area contributed by atoms with E-state index in [4.69, 9.17) is 5.73 Å². The Balaban J connectivity index is 1.39. The zero-order valence-electron chi connectivity index (χ0n) is 14.1. The highest BCUT2D eigenvalue weighted by atomic mass is 32.2. The predicted octanol–water partition coefficient (Wildman–Crippen LogP) is 1.16. The van der Waals surface area contributed by atoms with Gasteiger partial charge in [-0.05, 0) is 25.0 Å². The molecule has 138 valence electrons. The largest absolute Gasteiger partial charge is 0.374 e. The molecule has 0 spiro atoms. The van der Waals surface area contributed by atoms with Crippen LogP contribution in [-0.4, -0.2) is 50.7 Å². The second-order valence-corrected chi connectivity index (χ2v) is 8.12. The number of amides is 2. The molecule has 0 radical (unpaired) electrons. The lowest BCUT2D eigenvalue weighted by molar-refractivity contribution is -0.133. The first-order valence-electron chi connectivity index (χ1n) is 8.29. The first kappa shape index (κ1) is 18.6. The number of rotatable bonds is 6. The van der Waals surface area contributed by atoms with Gasteiger partial charge in [-0.25, -0.2) is 0 Å². The molecule has 1 aliphatic heterocycles. The fourth-order valence-electron chi connectivity index (χ4n) is 2.71. The van der Waals surface area contributed by atoms with E-state index in [0.717, 1.165) is 5.69 Å². The van der Waals surface area contributed by atoms with Crippen LogP contribution in [0, 0.1) is 5.92 Å². The van der Waals surface area contributed by atoms with Gasteiger partial charge in [0.1, 0.15) is 0 Å². The van der Waals surface area contributed by atoms with Crippen molar-refractivity contribution >= 4 is 40.0 Å². The first-order valence-corrected chi connectivity index (χ1v) is 10.1. The molecule has 0 unspecified atom stereocenters. The van der Waals surface area contributed by atoms with E-state index in [1.54, 1.807) is 11.1 Å². The average molecular weight is 393 g/mol. The van der Waals surface area contributed by atoms with Crippen LogP contribution in [0.15, 0.2) is 28.7 Å². The summed E-state index contributed by atoms with van der Waals surface area (Å²) in [7, 11) is 0. The summed E-state index contributed by atoms with van der Waals surface area (Å²) in [6.45, 7) is 1.62. The zero-order chi connectivity index (χ0) is 18.4. The third kappa shape index (κ3) is 5.15. The molecular weight excluding hydrogens is 372 g/mol. The number of hydrogen-bond acceptors (Lipinski definition) is 8. The monoisotopic (exact) mass is 392 g/mol. The molecule has 1 aliphatic rings. The summed E-state index contributed by atoms with van der Waals surface area (Å²) in [6, 6.07) is 5.62. The molecule has 0 aromatic carbocycles. The lowest BCUT2D eigenvalue weighted by Gasteiger charge is -2.31. The molecule has 2 amide bonds. The van der Waals surface area contributed by atoms with Crippen LogP contribution >= 0.6 is 23.1 Å². The molecule has 3 rings (SSSR count). The molecule has 10 heteroatoms. The van der Waals surface area contributed by atoms with Gasteiger partial charge in [0.15, 0.2) is 4.34 Å². The van der Waals surface area contributed by atoms with Gasteiger partial charge in [-0.1, -0.05) is 29.2 Å². The third-order valence-electron chi connectivity index (χ3n) is 4.13. The van der Waals surface area contributed by atoms with E-state index in [1.165, 1.54) is 23.1 Å². The number of piperidine rings is 1. The Kier molecular flexibility index (Phi) is 6.40. The Hall–Kier alpha value is -2.20. The number of carbonyl (C=O) groups excluding carboxylic acids is 2. The van der Waals surface area contributed by atoms with Crippen LogP contribution in [0.3, 0.4) is 0 Å². The van der Waals surface area contributed by atoms with Crippen molar-refractivity contribution < 1.29 is 9.59 Å². The fourth-order valence-corrected chi connectivity index (χ4v) is 4.25. The van der Waals surface area contributed by atoms with Gasteiger partial charge in [0, 0.05) is 25.2 Å². The van der Waals surface area contributed by atoms with Crippen molar-refractivity contribution in [1.29, 1.82) is 0 Å². The predicted molar refractivity (Wildman–Crippen MR) is 100 cm³/mol. The van der Waals surface area contributed by atoms with E-state index in [-0.39, 0.29) is 17.7 Å². The van der Waals surface area contributed by atoms with Crippen molar-refractivity contribution in [2.24, 2.45) is 5.92 Å². The second kappa shape index (κ2) is 8.95. The Morgan fingerprint density at radius 3 is 2.77 bits per heavy atom. The van der Waals surface area contributed by atoms with E-state index in [9.17, 15) is 9.59 Å². The molecular formula is C16H20N6O2S2. The summed E-state index contributed by atoms with van der Waals surface area (Å²) in [5.41, 5.74) is 6.36. The number of likely N-dealkylation sites (tertiary alicyclic amines) is 1. The van der Waals surface area contributed by atoms with E-state index < -0.39 is 0 Å². The first-order chi connectivity index (χ1) is 12.6. The van der Waals surface area contributed by atoms with Crippen LogP contribution in [0.1, 0.15) is 18.5 Å². The Labute approximate surface area is 159 Å². The van der Waals surface area contributed by atoms with Gasteiger partial charge in [-0.2, -0.15) is 0 Å². The lowest BCUT2D eigenvalue weighted by Crippen LogP contribution is -2.43. The fraction of sp³-hybridized carbons (Fsp3) is 0.438. The molecule has 0 bridgehead atoms. The Bertz CT molecular complexity index is 746. The van der Waals surface area contributed by atoms with Crippen LogP contribution in [0.25, 0.3) is 0 Å². The quantitative estimate of drug-likeness (QED) is 0.709. The molecule has 0 aliphatic carbocycles. The van der Waals surface area contributed by atoms with Crippen molar-refractivity contribution in [3.05, 3.63) is 30.1 Å². The van der Waals surface area contributed by atoms with Crippen molar-refractivity contribution in [3.8, 4) is 0 Å². The molecule has 2 aromatic rings. The maximum absolute atomic E-state index is 12.3. The number of nitrogen functional groups attached to an aromatic ring is 1. The van der Waals surface area contributed by atoms with E-state index in [1.807, 2.05) is 18.2 Å². The second-order valence-electron chi connectivity index (χ2n) is 5.89. The van der Waals surface area contributed by atoms with Gasteiger partial charge in [-0.3, -0.25) is 14.6 Å². The topological polar surface area (TPSA) is 114 Å². The number of nitrogens with one attached hydrogen (secondary N) is 1.